The Morgan fingerprint density at radius 1 is 1.37 bits per heavy atom. The van der Waals surface area contributed by atoms with Crippen molar-refractivity contribution in [3.8, 4) is 0 Å². The van der Waals surface area contributed by atoms with Gasteiger partial charge in [0.05, 0.1) is 17.2 Å². The second-order valence-corrected chi connectivity index (χ2v) is 5.48. The highest BCUT2D eigenvalue weighted by Gasteiger charge is 2.12. The Bertz CT molecular complexity index is 734. The number of rotatable bonds is 3. The van der Waals surface area contributed by atoms with E-state index in [0.29, 0.717) is 17.5 Å². The highest BCUT2D eigenvalue weighted by Crippen LogP contribution is 2.22. The van der Waals surface area contributed by atoms with Crippen molar-refractivity contribution in [1.82, 2.24) is 24.6 Å². The van der Waals surface area contributed by atoms with Crippen LogP contribution in [0, 0.1) is 13.8 Å². The zero-order valence-electron chi connectivity index (χ0n) is 10.4. The molecular weight excluding hydrogens is 284 g/mol. The van der Waals surface area contributed by atoms with Gasteiger partial charge in [0.1, 0.15) is 17.3 Å². The molecule has 0 saturated carbocycles. The average Bonchev–Trinajstić information content (AvgIpc) is 2.99. The number of aromatic nitrogens is 5. The molecule has 0 aliphatic carbocycles. The zero-order chi connectivity index (χ0) is 13.4. The maximum absolute atomic E-state index is 6.09. The Kier molecular flexibility index (Phi) is 3.08. The van der Waals surface area contributed by atoms with Crippen LogP contribution in [0.1, 0.15) is 16.3 Å². The lowest BCUT2D eigenvalue weighted by atomic mass is 10.3. The van der Waals surface area contributed by atoms with Crippen LogP contribution in [0.5, 0.6) is 0 Å². The Morgan fingerprint density at radius 2 is 2.21 bits per heavy atom. The number of fused-ring (bicyclic) bond motifs is 1. The first-order valence-electron chi connectivity index (χ1n) is 5.66. The van der Waals surface area contributed by atoms with E-state index in [2.05, 4.69) is 25.4 Å². The third kappa shape index (κ3) is 2.26. The number of hydrogen-bond donors (Lipinski definition) is 1. The van der Waals surface area contributed by atoms with Crippen LogP contribution in [0.15, 0.2) is 11.7 Å². The van der Waals surface area contributed by atoms with Crippen molar-refractivity contribution >= 4 is 34.5 Å². The highest BCUT2D eigenvalue weighted by atomic mass is 35.5. The summed E-state index contributed by atoms with van der Waals surface area (Å²) in [6.07, 6.45) is 1.45. The Balaban J connectivity index is 1.95. The molecule has 3 rings (SSSR count). The lowest BCUT2D eigenvalue weighted by Crippen LogP contribution is -2.09. The van der Waals surface area contributed by atoms with Crippen LogP contribution in [0.3, 0.4) is 0 Å². The maximum atomic E-state index is 6.09. The van der Waals surface area contributed by atoms with E-state index in [0.717, 1.165) is 22.1 Å². The van der Waals surface area contributed by atoms with E-state index < -0.39 is 0 Å². The lowest BCUT2D eigenvalue weighted by molar-refractivity contribution is 0.907. The van der Waals surface area contributed by atoms with Gasteiger partial charge in [-0.05, 0) is 13.8 Å². The van der Waals surface area contributed by atoms with Gasteiger partial charge in [-0.2, -0.15) is 19.6 Å². The second kappa shape index (κ2) is 4.75. The molecule has 3 aromatic rings. The summed E-state index contributed by atoms with van der Waals surface area (Å²) in [5, 5.41) is 10.9. The number of thiazole rings is 1. The number of anilines is 1. The van der Waals surface area contributed by atoms with Crippen molar-refractivity contribution in [2.45, 2.75) is 20.4 Å². The van der Waals surface area contributed by atoms with Gasteiger partial charge in [0, 0.05) is 10.9 Å². The van der Waals surface area contributed by atoms with Crippen molar-refractivity contribution < 1.29 is 0 Å². The summed E-state index contributed by atoms with van der Waals surface area (Å²) in [6, 6.07) is 0. The molecule has 0 saturated heterocycles. The van der Waals surface area contributed by atoms with Crippen molar-refractivity contribution in [3.05, 3.63) is 33.1 Å². The predicted octanol–water partition coefficient (Wildman–Crippen LogP) is 2.46. The van der Waals surface area contributed by atoms with Crippen molar-refractivity contribution in [2.75, 3.05) is 5.32 Å². The minimum atomic E-state index is 0.428. The molecule has 1 N–H and O–H groups in total. The summed E-state index contributed by atoms with van der Waals surface area (Å²) in [4.78, 5) is 12.6. The van der Waals surface area contributed by atoms with Gasteiger partial charge in [-0.25, -0.2) is 4.98 Å². The van der Waals surface area contributed by atoms with E-state index in [1.54, 1.807) is 15.9 Å². The fourth-order valence-electron chi connectivity index (χ4n) is 1.77. The van der Waals surface area contributed by atoms with Gasteiger partial charge in [0.2, 0.25) is 0 Å². The van der Waals surface area contributed by atoms with Gasteiger partial charge in [0.15, 0.2) is 0 Å². The van der Waals surface area contributed by atoms with Gasteiger partial charge in [0.25, 0.3) is 5.78 Å². The van der Waals surface area contributed by atoms with Crippen LogP contribution in [0.4, 0.5) is 5.82 Å². The van der Waals surface area contributed by atoms with E-state index in [1.165, 1.54) is 6.33 Å². The molecule has 0 aliphatic heterocycles. The minimum Gasteiger partial charge on any atom is -0.364 e. The van der Waals surface area contributed by atoms with Crippen LogP contribution in [-0.2, 0) is 6.54 Å². The molecule has 0 radical (unpaired) electrons. The number of nitrogens with one attached hydrogen (secondary N) is 1. The molecule has 0 fully saturated rings. The predicted molar refractivity (Wildman–Crippen MR) is 74.7 cm³/mol. The van der Waals surface area contributed by atoms with Crippen molar-refractivity contribution in [3.63, 3.8) is 0 Å². The molecule has 3 aromatic heterocycles. The smallest absolute Gasteiger partial charge is 0.255 e. The molecular formula is C11H11ClN6S. The molecule has 6 nitrogen and oxygen atoms in total. The summed E-state index contributed by atoms with van der Waals surface area (Å²) in [6.45, 7) is 4.49. The second-order valence-electron chi connectivity index (χ2n) is 4.06. The fourth-order valence-corrected chi connectivity index (χ4v) is 2.55. The van der Waals surface area contributed by atoms with Gasteiger partial charge >= 0.3 is 0 Å². The summed E-state index contributed by atoms with van der Waals surface area (Å²) >= 11 is 7.72. The lowest BCUT2D eigenvalue weighted by Gasteiger charge is -2.10. The number of nitrogens with zero attached hydrogens (tertiary/aromatic N) is 5. The summed E-state index contributed by atoms with van der Waals surface area (Å²) < 4.78 is 1.64. The monoisotopic (exact) mass is 294 g/mol. The van der Waals surface area contributed by atoms with E-state index in [1.807, 2.05) is 19.2 Å². The first kappa shape index (κ1) is 12.3. The van der Waals surface area contributed by atoms with Crippen molar-refractivity contribution in [2.24, 2.45) is 0 Å². The van der Waals surface area contributed by atoms with Gasteiger partial charge in [-0.3, -0.25) is 0 Å². The summed E-state index contributed by atoms with van der Waals surface area (Å²) in [5.41, 5.74) is 1.83. The molecule has 0 spiro atoms. The van der Waals surface area contributed by atoms with Gasteiger partial charge in [-0.15, -0.1) is 11.3 Å². The first-order valence-corrected chi connectivity index (χ1v) is 6.91. The van der Waals surface area contributed by atoms with E-state index >= 15 is 0 Å². The fraction of sp³-hybridized carbons (Fsp3) is 0.273. The maximum Gasteiger partial charge on any atom is 0.255 e. The molecule has 8 heteroatoms. The van der Waals surface area contributed by atoms with E-state index in [-0.39, 0.29) is 0 Å². The van der Waals surface area contributed by atoms with Crippen LogP contribution >= 0.6 is 22.9 Å². The summed E-state index contributed by atoms with van der Waals surface area (Å²) in [5.74, 6) is 1.27. The largest absolute Gasteiger partial charge is 0.364 e. The number of hydrogen-bond acceptors (Lipinski definition) is 6. The third-order valence-electron chi connectivity index (χ3n) is 2.71. The minimum absolute atomic E-state index is 0.428. The van der Waals surface area contributed by atoms with Crippen LogP contribution in [0.25, 0.3) is 5.78 Å². The average molecular weight is 295 g/mol. The highest BCUT2D eigenvalue weighted by molar-refractivity contribution is 7.09. The van der Waals surface area contributed by atoms with Gasteiger partial charge in [-0.1, -0.05) is 11.6 Å². The zero-order valence-corrected chi connectivity index (χ0v) is 12.0. The van der Waals surface area contributed by atoms with Crippen LogP contribution in [0.2, 0.25) is 5.15 Å². The third-order valence-corrected chi connectivity index (χ3v) is 3.90. The molecule has 0 amide bonds. The molecule has 0 atom stereocenters. The summed E-state index contributed by atoms with van der Waals surface area (Å²) in [7, 11) is 0. The topological polar surface area (TPSA) is 68.0 Å². The van der Waals surface area contributed by atoms with Crippen LogP contribution < -0.4 is 5.32 Å². The molecule has 98 valence electrons. The van der Waals surface area contributed by atoms with Crippen LogP contribution in [-0.4, -0.2) is 24.6 Å². The van der Waals surface area contributed by atoms with E-state index in [4.69, 9.17) is 11.6 Å². The first-order chi connectivity index (χ1) is 9.15. The molecule has 0 aliphatic rings. The Labute approximate surface area is 118 Å². The van der Waals surface area contributed by atoms with E-state index in [9.17, 15) is 0 Å². The molecule has 3 heterocycles. The quantitative estimate of drug-likeness (QED) is 0.752. The number of halogens is 1. The normalized spacial score (nSPS) is 11.1. The standard InChI is InChI=1S/C11H11ClN6S/c1-6-9(12)17-11-14-5-15-18(11)10(6)13-3-8-4-19-7(2)16-8/h4-5,13H,3H2,1-2H3. The Morgan fingerprint density at radius 3 is 2.95 bits per heavy atom. The molecule has 0 bridgehead atoms. The SMILES string of the molecule is Cc1nc(CNc2c(C)c(Cl)nc3ncnn23)cs1. The Hall–Kier alpha value is -1.73. The molecule has 19 heavy (non-hydrogen) atoms. The number of aryl methyl sites for hydroxylation is 1. The van der Waals surface area contributed by atoms with Crippen molar-refractivity contribution in [1.29, 1.82) is 0 Å². The molecule has 0 unspecified atom stereocenters. The van der Waals surface area contributed by atoms with Gasteiger partial charge < -0.3 is 5.32 Å². The molecule has 0 aromatic carbocycles.